The molecule has 5 nitrogen and oxygen atoms in total. The van der Waals surface area contributed by atoms with E-state index in [9.17, 15) is 8.42 Å². The summed E-state index contributed by atoms with van der Waals surface area (Å²) in [6.07, 6.45) is 1.65. The molecule has 0 radical (unpaired) electrons. The summed E-state index contributed by atoms with van der Waals surface area (Å²) in [4.78, 5) is 4.28. The van der Waals surface area contributed by atoms with Gasteiger partial charge < -0.3 is 10.5 Å². The topological polar surface area (TPSA) is 82.3 Å². The third-order valence-electron chi connectivity index (χ3n) is 3.15. The van der Waals surface area contributed by atoms with Gasteiger partial charge in [0, 0.05) is 17.6 Å². The second kappa shape index (κ2) is 7.17. The summed E-state index contributed by atoms with van der Waals surface area (Å²) in [5.41, 5.74) is 7.36. The predicted molar refractivity (Wildman–Crippen MR) is 88.3 cm³/mol. The first-order chi connectivity index (χ1) is 10.4. The van der Waals surface area contributed by atoms with Gasteiger partial charge in [-0.25, -0.2) is 8.42 Å². The average Bonchev–Trinajstić information content (AvgIpc) is 2.44. The molecule has 0 aliphatic carbocycles. The van der Waals surface area contributed by atoms with Crippen molar-refractivity contribution >= 4 is 20.7 Å². The van der Waals surface area contributed by atoms with Gasteiger partial charge in [0.05, 0.1) is 29.7 Å². The van der Waals surface area contributed by atoms with E-state index in [1.807, 2.05) is 44.2 Å². The summed E-state index contributed by atoms with van der Waals surface area (Å²) < 4.78 is 29.8. The Morgan fingerprint density at radius 1 is 1.27 bits per heavy atom. The van der Waals surface area contributed by atoms with Gasteiger partial charge in [-0.1, -0.05) is 18.2 Å². The van der Waals surface area contributed by atoms with Crippen molar-refractivity contribution in [1.82, 2.24) is 4.98 Å². The standard InChI is InChI=1S/C16H22N2O3S/c1-12(2)21-9-15(17)11-22(19,20)10-13-7-14-5-3-4-6-16(14)18-8-13/h3-8,12,15H,9-11,17H2,1-2H3. The van der Waals surface area contributed by atoms with E-state index in [1.54, 1.807) is 6.20 Å². The van der Waals surface area contributed by atoms with E-state index in [-0.39, 0.29) is 24.2 Å². The van der Waals surface area contributed by atoms with E-state index in [2.05, 4.69) is 4.98 Å². The normalized spacial score (nSPS) is 13.6. The van der Waals surface area contributed by atoms with Gasteiger partial charge >= 0.3 is 0 Å². The third-order valence-corrected chi connectivity index (χ3v) is 4.85. The lowest BCUT2D eigenvalue weighted by molar-refractivity contribution is 0.0717. The Labute approximate surface area is 131 Å². The van der Waals surface area contributed by atoms with Crippen molar-refractivity contribution in [2.75, 3.05) is 12.4 Å². The van der Waals surface area contributed by atoms with Crippen LogP contribution < -0.4 is 5.73 Å². The molecule has 0 fully saturated rings. The lowest BCUT2D eigenvalue weighted by atomic mass is 10.2. The SMILES string of the molecule is CC(C)OCC(N)CS(=O)(=O)Cc1cnc2ccccc2c1. The molecule has 0 aliphatic heterocycles. The highest BCUT2D eigenvalue weighted by atomic mass is 32.2. The number of pyridine rings is 1. The quantitative estimate of drug-likeness (QED) is 0.842. The summed E-state index contributed by atoms with van der Waals surface area (Å²) in [5.74, 6) is -0.146. The number of ether oxygens (including phenoxy) is 1. The van der Waals surface area contributed by atoms with Crippen LogP contribution in [0.25, 0.3) is 10.9 Å². The molecule has 0 amide bonds. The van der Waals surface area contributed by atoms with E-state index in [0.29, 0.717) is 5.56 Å². The first-order valence-electron chi connectivity index (χ1n) is 7.27. The zero-order chi connectivity index (χ0) is 16.2. The van der Waals surface area contributed by atoms with Crippen LogP contribution >= 0.6 is 0 Å². The number of sulfone groups is 1. The minimum atomic E-state index is -3.30. The van der Waals surface area contributed by atoms with Crippen LogP contribution in [0.5, 0.6) is 0 Å². The van der Waals surface area contributed by atoms with Crippen molar-refractivity contribution in [1.29, 1.82) is 0 Å². The summed E-state index contributed by atoms with van der Waals surface area (Å²) >= 11 is 0. The van der Waals surface area contributed by atoms with Crippen molar-refractivity contribution in [2.24, 2.45) is 5.73 Å². The van der Waals surface area contributed by atoms with E-state index >= 15 is 0 Å². The van der Waals surface area contributed by atoms with Crippen LogP contribution in [0.1, 0.15) is 19.4 Å². The molecule has 120 valence electrons. The third kappa shape index (κ3) is 5.05. The zero-order valence-corrected chi connectivity index (χ0v) is 13.7. The van der Waals surface area contributed by atoms with Gasteiger partial charge in [-0.3, -0.25) is 4.98 Å². The second-order valence-electron chi connectivity index (χ2n) is 5.73. The van der Waals surface area contributed by atoms with Crippen LogP contribution in [0.4, 0.5) is 0 Å². The van der Waals surface area contributed by atoms with E-state index < -0.39 is 15.9 Å². The first kappa shape index (κ1) is 16.9. The fourth-order valence-corrected chi connectivity index (χ4v) is 3.73. The number of rotatable bonds is 7. The molecular weight excluding hydrogens is 300 g/mol. The van der Waals surface area contributed by atoms with Gasteiger partial charge in [0.15, 0.2) is 9.84 Å². The Morgan fingerprint density at radius 3 is 2.73 bits per heavy atom. The molecule has 0 aliphatic rings. The van der Waals surface area contributed by atoms with E-state index in [1.165, 1.54) is 0 Å². The Hall–Kier alpha value is -1.50. The molecule has 2 N–H and O–H groups in total. The number of nitrogens with zero attached hydrogens (tertiary/aromatic N) is 1. The fourth-order valence-electron chi connectivity index (χ4n) is 2.20. The molecule has 6 heteroatoms. The Kier molecular flexibility index (Phi) is 5.50. The number of nitrogens with two attached hydrogens (primary N) is 1. The molecule has 0 saturated carbocycles. The summed E-state index contributed by atoms with van der Waals surface area (Å²) in [6.45, 7) is 4.02. The lowest BCUT2D eigenvalue weighted by Crippen LogP contribution is -2.35. The van der Waals surface area contributed by atoms with Crippen molar-refractivity contribution in [3.05, 3.63) is 42.1 Å². The van der Waals surface area contributed by atoms with Gasteiger partial charge in [0.2, 0.25) is 0 Å². The molecule has 0 bridgehead atoms. The molecule has 1 heterocycles. The van der Waals surface area contributed by atoms with Crippen LogP contribution in [-0.4, -0.2) is 37.9 Å². The molecule has 1 aromatic heterocycles. The van der Waals surface area contributed by atoms with Crippen LogP contribution in [0.15, 0.2) is 36.5 Å². The molecule has 2 aromatic rings. The molecule has 22 heavy (non-hydrogen) atoms. The fraction of sp³-hybridized carbons (Fsp3) is 0.438. The molecule has 0 spiro atoms. The second-order valence-corrected chi connectivity index (χ2v) is 7.84. The maximum atomic E-state index is 12.2. The molecule has 1 unspecified atom stereocenters. The molecule has 1 atom stereocenters. The van der Waals surface area contributed by atoms with Gasteiger partial charge in [-0.2, -0.15) is 0 Å². The predicted octanol–water partition coefficient (Wildman–Crippen LogP) is 1.90. The monoisotopic (exact) mass is 322 g/mol. The molecule has 0 saturated heterocycles. The highest BCUT2D eigenvalue weighted by Crippen LogP contribution is 2.15. The lowest BCUT2D eigenvalue weighted by Gasteiger charge is -2.14. The zero-order valence-electron chi connectivity index (χ0n) is 12.9. The van der Waals surface area contributed by atoms with Crippen molar-refractivity contribution in [3.63, 3.8) is 0 Å². The number of aromatic nitrogens is 1. The Balaban J connectivity index is 2.03. The Morgan fingerprint density at radius 2 is 2.00 bits per heavy atom. The van der Waals surface area contributed by atoms with Gasteiger partial charge in [-0.05, 0) is 31.5 Å². The highest BCUT2D eigenvalue weighted by Gasteiger charge is 2.18. The maximum absolute atomic E-state index is 12.2. The van der Waals surface area contributed by atoms with E-state index in [4.69, 9.17) is 10.5 Å². The average molecular weight is 322 g/mol. The molecule has 2 rings (SSSR count). The van der Waals surface area contributed by atoms with Crippen LogP contribution in [-0.2, 0) is 20.3 Å². The number of hydrogen-bond donors (Lipinski definition) is 1. The van der Waals surface area contributed by atoms with Gasteiger partial charge in [0.1, 0.15) is 0 Å². The summed E-state index contributed by atoms with van der Waals surface area (Å²) in [5, 5.41) is 0.933. The van der Waals surface area contributed by atoms with Gasteiger partial charge in [-0.15, -0.1) is 0 Å². The minimum absolute atomic E-state index is 0.0402. The molecule has 1 aromatic carbocycles. The summed E-state index contributed by atoms with van der Waals surface area (Å²) in [6, 6.07) is 8.96. The van der Waals surface area contributed by atoms with Crippen molar-refractivity contribution in [3.8, 4) is 0 Å². The maximum Gasteiger partial charge on any atom is 0.156 e. The van der Waals surface area contributed by atoms with Crippen LogP contribution in [0.3, 0.4) is 0 Å². The number of hydrogen-bond acceptors (Lipinski definition) is 5. The minimum Gasteiger partial charge on any atom is -0.377 e. The van der Waals surface area contributed by atoms with E-state index in [0.717, 1.165) is 10.9 Å². The van der Waals surface area contributed by atoms with Crippen LogP contribution in [0, 0.1) is 0 Å². The number of benzene rings is 1. The summed E-state index contributed by atoms with van der Waals surface area (Å²) in [7, 11) is -3.30. The highest BCUT2D eigenvalue weighted by molar-refractivity contribution is 7.90. The smallest absolute Gasteiger partial charge is 0.156 e. The van der Waals surface area contributed by atoms with Crippen LogP contribution in [0.2, 0.25) is 0 Å². The Bertz CT molecular complexity index is 729. The first-order valence-corrected chi connectivity index (χ1v) is 9.09. The van der Waals surface area contributed by atoms with Crippen molar-refractivity contribution < 1.29 is 13.2 Å². The number of para-hydroxylation sites is 1. The molecular formula is C16H22N2O3S. The van der Waals surface area contributed by atoms with Gasteiger partial charge in [0.25, 0.3) is 0 Å². The van der Waals surface area contributed by atoms with Crippen molar-refractivity contribution in [2.45, 2.75) is 31.7 Å². The number of fused-ring (bicyclic) bond motifs is 1. The largest absolute Gasteiger partial charge is 0.377 e.